The minimum absolute atomic E-state index is 0.0353. The highest BCUT2D eigenvalue weighted by atomic mass is 16.3. The zero-order chi connectivity index (χ0) is 15.4. The normalized spacial score (nSPS) is 19.7. The van der Waals surface area contributed by atoms with E-state index in [1.807, 2.05) is 24.3 Å². The maximum absolute atomic E-state index is 11.0. The Balaban J connectivity index is 1.95. The van der Waals surface area contributed by atoms with E-state index in [1.165, 1.54) is 5.56 Å². The second-order valence-corrected chi connectivity index (χ2v) is 5.63. The Morgan fingerprint density at radius 3 is 2.43 bits per heavy atom. The van der Waals surface area contributed by atoms with Crippen LogP contribution < -0.4 is 5.73 Å². The number of nitrogens with two attached hydrogens (primary N) is 1. The summed E-state index contributed by atoms with van der Waals surface area (Å²) in [4.78, 5) is 13.4. The van der Waals surface area contributed by atoms with Gasteiger partial charge in [-0.05, 0) is 56.5 Å². The van der Waals surface area contributed by atoms with Crippen molar-refractivity contribution in [3.05, 3.63) is 35.4 Å². The molecule has 0 saturated carbocycles. The molecule has 0 bridgehead atoms. The lowest BCUT2D eigenvalue weighted by molar-refractivity contribution is -0.129. The Bertz CT molecular complexity index is 527. The third-order valence-electron chi connectivity index (χ3n) is 4.38. The smallest absolute Gasteiger partial charge is 0.246 e. The van der Waals surface area contributed by atoms with Crippen molar-refractivity contribution in [3.8, 4) is 6.07 Å². The van der Waals surface area contributed by atoms with Gasteiger partial charge in [0.1, 0.15) is 6.10 Å². The van der Waals surface area contributed by atoms with Crippen LogP contribution in [0.5, 0.6) is 0 Å². The summed E-state index contributed by atoms with van der Waals surface area (Å²) in [6.45, 7) is 3.79. The summed E-state index contributed by atoms with van der Waals surface area (Å²) in [5.74, 6) is -0.666. The van der Waals surface area contributed by atoms with Crippen LogP contribution >= 0.6 is 0 Å². The molecule has 0 aliphatic carbocycles. The van der Waals surface area contributed by atoms with E-state index >= 15 is 0 Å². The number of piperidine rings is 1. The third kappa shape index (κ3) is 3.60. The van der Waals surface area contributed by atoms with Crippen molar-refractivity contribution in [1.29, 1.82) is 5.26 Å². The number of carbonyl (C=O) groups is 1. The lowest BCUT2D eigenvalue weighted by Gasteiger charge is -2.37. The van der Waals surface area contributed by atoms with Gasteiger partial charge in [-0.3, -0.25) is 9.69 Å². The van der Waals surface area contributed by atoms with E-state index in [0.29, 0.717) is 5.56 Å². The first-order chi connectivity index (χ1) is 10.0. The van der Waals surface area contributed by atoms with Crippen molar-refractivity contribution in [2.24, 2.45) is 11.7 Å². The minimum Gasteiger partial charge on any atom is -0.383 e. The highest BCUT2D eigenvalue weighted by Crippen LogP contribution is 2.28. The summed E-state index contributed by atoms with van der Waals surface area (Å²) in [7, 11) is 0. The Labute approximate surface area is 125 Å². The summed E-state index contributed by atoms with van der Waals surface area (Å²) in [5, 5.41) is 18.5. The number of rotatable bonds is 4. The van der Waals surface area contributed by atoms with Crippen LogP contribution in [0.4, 0.5) is 0 Å². The number of amides is 1. The summed E-state index contributed by atoms with van der Waals surface area (Å²) in [6, 6.07) is 9.99. The van der Waals surface area contributed by atoms with Crippen molar-refractivity contribution in [2.75, 3.05) is 13.1 Å². The lowest BCUT2D eigenvalue weighted by atomic mass is 9.89. The maximum Gasteiger partial charge on any atom is 0.246 e. The molecule has 21 heavy (non-hydrogen) atoms. The molecule has 5 heteroatoms. The number of likely N-dealkylation sites (tertiary alicyclic amines) is 1. The molecule has 1 fully saturated rings. The molecule has 1 saturated heterocycles. The van der Waals surface area contributed by atoms with Gasteiger partial charge in [-0.1, -0.05) is 12.1 Å². The SMILES string of the molecule is C[C@H](c1ccc(C#N)cc1)N1CCC([C@@H](O)C(N)=O)CC1. The number of benzene rings is 1. The van der Waals surface area contributed by atoms with Gasteiger partial charge in [0.2, 0.25) is 5.91 Å². The molecule has 2 rings (SSSR count). The van der Waals surface area contributed by atoms with Gasteiger partial charge in [0, 0.05) is 6.04 Å². The predicted molar refractivity (Wildman–Crippen MR) is 79.1 cm³/mol. The molecule has 1 amide bonds. The Morgan fingerprint density at radius 1 is 1.38 bits per heavy atom. The first kappa shape index (κ1) is 15.5. The standard InChI is InChI=1S/C16H21N3O2/c1-11(13-4-2-12(10-17)3-5-13)19-8-6-14(7-9-19)15(20)16(18)21/h2-5,11,14-15,20H,6-9H2,1H3,(H2,18,21)/t11-,15-/m1/s1. The number of aliphatic hydroxyl groups excluding tert-OH is 1. The van der Waals surface area contributed by atoms with E-state index in [2.05, 4.69) is 17.9 Å². The van der Waals surface area contributed by atoms with E-state index in [1.54, 1.807) is 0 Å². The van der Waals surface area contributed by atoms with E-state index in [9.17, 15) is 9.90 Å². The summed E-state index contributed by atoms with van der Waals surface area (Å²) in [6.07, 6.45) is 0.507. The molecule has 1 aromatic carbocycles. The summed E-state index contributed by atoms with van der Waals surface area (Å²) in [5.41, 5.74) is 6.98. The molecule has 112 valence electrons. The molecule has 5 nitrogen and oxygen atoms in total. The van der Waals surface area contributed by atoms with Crippen LogP contribution in [-0.4, -0.2) is 35.1 Å². The number of hydrogen-bond donors (Lipinski definition) is 2. The Morgan fingerprint density at radius 2 is 1.95 bits per heavy atom. The number of nitrogens with zero attached hydrogens (tertiary/aromatic N) is 2. The lowest BCUT2D eigenvalue weighted by Crippen LogP contribution is -2.43. The topological polar surface area (TPSA) is 90.3 Å². The highest BCUT2D eigenvalue weighted by molar-refractivity contribution is 5.78. The molecule has 0 radical (unpaired) electrons. The van der Waals surface area contributed by atoms with Crippen LogP contribution in [0.15, 0.2) is 24.3 Å². The molecule has 0 spiro atoms. The van der Waals surface area contributed by atoms with Gasteiger partial charge in [-0.2, -0.15) is 5.26 Å². The van der Waals surface area contributed by atoms with Crippen LogP contribution in [0, 0.1) is 17.2 Å². The Kier molecular flexibility index (Phi) is 4.94. The largest absolute Gasteiger partial charge is 0.383 e. The van der Waals surface area contributed by atoms with E-state index < -0.39 is 12.0 Å². The van der Waals surface area contributed by atoms with Gasteiger partial charge in [-0.25, -0.2) is 0 Å². The van der Waals surface area contributed by atoms with Crippen molar-refractivity contribution in [2.45, 2.75) is 31.9 Å². The average Bonchev–Trinajstić information content (AvgIpc) is 2.53. The van der Waals surface area contributed by atoms with Gasteiger partial charge in [0.25, 0.3) is 0 Å². The van der Waals surface area contributed by atoms with Gasteiger partial charge >= 0.3 is 0 Å². The molecule has 1 aliphatic heterocycles. The maximum atomic E-state index is 11.0. The zero-order valence-electron chi connectivity index (χ0n) is 12.2. The van der Waals surface area contributed by atoms with Gasteiger partial charge in [0.15, 0.2) is 0 Å². The van der Waals surface area contributed by atoms with Crippen LogP contribution in [0.25, 0.3) is 0 Å². The van der Waals surface area contributed by atoms with Crippen molar-refractivity contribution in [1.82, 2.24) is 4.90 Å². The third-order valence-corrected chi connectivity index (χ3v) is 4.38. The summed E-state index contributed by atoms with van der Waals surface area (Å²) < 4.78 is 0. The molecular weight excluding hydrogens is 266 g/mol. The van der Waals surface area contributed by atoms with Gasteiger partial charge in [0.05, 0.1) is 11.6 Å². The summed E-state index contributed by atoms with van der Waals surface area (Å²) >= 11 is 0. The number of carbonyl (C=O) groups excluding carboxylic acids is 1. The number of nitriles is 1. The van der Waals surface area contributed by atoms with Crippen molar-refractivity contribution < 1.29 is 9.90 Å². The molecule has 0 aromatic heterocycles. The molecule has 0 unspecified atom stereocenters. The quantitative estimate of drug-likeness (QED) is 0.870. The molecule has 1 aliphatic rings. The Hall–Kier alpha value is -1.90. The first-order valence-corrected chi connectivity index (χ1v) is 7.24. The predicted octanol–water partition coefficient (Wildman–Crippen LogP) is 1.18. The number of primary amides is 1. The molecule has 1 aromatic rings. The van der Waals surface area contributed by atoms with Gasteiger partial charge < -0.3 is 10.8 Å². The van der Waals surface area contributed by atoms with E-state index in [4.69, 9.17) is 11.0 Å². The zero-order valence-corrected chi connectivity index (χ0v) is 12.2. The second-order valence-electron chi connectivity index (χ2n) is 5.63. The molecule has 3 N–H and O–H groups in total. The minimum atomic E-state index is -1.03. The van der Waals surface area contributed by atoms with Crippen LogP contribution in [0.3, 0.4) is 0 Å². The van der Waals surface area contributed by atoms with Crippen molar-refractivity contribution in [3.63, 3.8) is 0 Å². The fraction of sp³-hybridized carbons (Fsp3) is 0.500. The first-order valence-electron chi connectivity index (χ1n) is 7.24. The highest BCUT2D eigenvalue weighted by Gasteiger charge is 2.30. The monoisotopic (exact) mass is 287 g/mol. The van der Waals surface area contributed by atoms with Crippen LogP contribution in [0.1, 0.15) is 36.9 Å². The molecular formula is C16H21N3O2. The average molecular weight is 287 g/mol. The van der Waals surface area contributed by atoms with E-state index in [-0.39, 0.29) is 12.0 Å². The molecule has 2 atom stereocenters. The van der Waals surface area contributed by atoms with Gasteiger partial charge in [-0.15, -0.1) is 0 Å². The molecule has 1 heterocycles. The van der Waals surface area contributed by atoms with Crippen LogP contribution in [0.2, 0.25) is 0 Å². The fourth-order valence-corrected chi connectivity index (χ4v) is 2.90. The van der Waals surface area contributed by atoms with Crippen LogP contribution in [-0.2, 0) is 4.79 Å². The number of hydrogen-bond acceptors (Lipinski definition) is 4. The number of aliphatic hydroxyl groups is 1. The van der Waals surface area contributed by atoms with E-state index in [0.717, 1.165) is 25.9 Å². The van der Waals surface area contributed by atoms with Crippen molar-refractivity contribution >= 4 is 5.91 Å². The fourth-order valence-electron chi connectivity index (χ4n) is 2.90. The second kappa shape index (κ2) is 6.70.